The van der Waals surface area contributed by atoms with Gasteiger partial charge in [-0.25, -0.2) is 0 Å². The third kappa shape index (κ3) is 4.72. The summed E-state index contributed by atoms with van der Waals surface area (Å²) in [5, 5.41) is 16.4. The number of aliphatic carboxylic acids is 1. The predicted molar refractivity (Wildman–Crippen MR) is 141 cm³/mol. The lowest BCUT2D eigenvalue weighted by atomic mass is 9.49. The minimum Gasteiger partial charge on any atom is -0.481 e. The number of benzene rings is 2. The molecule has 4 nitrogen and oxygen atoms in total. The number of halogens is 3. The van der Waals surface area contributed by atoms with Crippen molar-refractivity contribution in [2.24, 2.45) is 11.3 Å². The van der Waals surface area contributed by atoms with E-state index in [1.54, 1.807) is 6.07 Å². The monoisotopic (exact) mass is 518 g/mol. The van der Waals surface area contributed by atoms with E-state index in [0.717, 1.165) is 54.6 Å². The maximum absolute atomic E-state index is 13.1. The molecular formula is C28H33F3N2O2S. The molecule has 2 aliphatic carbocycles. The van der Waals surface area contributed by atoms with Crippen LogP contribution in [-0.4, -0.2) is 16.2 Å². The Morgan fingerprint density at radius 1 is 1.14 bits per heavy atom. The first-order chi connectivity index (χ1) is 16.8. The van der Waals surface area contributed by atoms with Gasteiger partial charge in [-0.3, -0.25) is 4.79 Å². The standard InChI is InChI=1S/C28H33F3N2O2S/c1-16(2)20-13-17-9-10-23-26(3,11-6-12-27(23,4)24(34)35)21(17)15-22(20)33-25(36)32-19-8-5-7-18(14-19)28(29,30)31/h5,7-8,13-16,23H,6,9-12H2,1-4H3,(H,34,35)(H2,32,33,36)/t23-,26-,27-/m1/s1. The summed E-state index contributed by atoms with van der Waals surface area (Å²) in [5.74, 6) is -0.516. The van der Waals surface area contributed by atoms with Crippen molar-refractivity contribution in [2.75, 3.05) is 10.6 Å². The number of carbonyl (C=O) groups is 1. The second-order valence-electron chi connectivity index (χ2n) is 11.0. The SMILES string of the molecule is CC(C)c1cc2c(cc1NC(=S)Nc1cccc(C(F)(F)F)c1)[C@@]1(C)CCC[C@@](C)(C(=O)O)[C@@H]1CC2. The molecule has 0 amide bonds. The van der Waals surface area contributed by atoms with E-state index in [0.29, 0.717) is 6.42 Å². The number of carboxylic acid groups (broad SMARTS) is 1. The summed E-state index contributed by atoms with van der Waals surface area (Å²) in [7, 11) is 0. The molecular weight excluding hydrogens is 485 g/mol. The van der Waals surface area contributed by atoms with Gasteiger partial charge in [-0.05, 0) is 103 Å². The van der Waals surface area contributed by atoms with Crippen molar-refractivity contribution in [1.82, 2.24) is 0 Å². The number of nitrogens with one attached hydrogen (secondary N) is 2. The van der Waals surface area contributed by atoms with Gasteiger partial charge in [0.2, 0.25) is 0 Å². The Bertz CT molecular complexity index is 1200. The Labute approximate surface area is 215 Å². The number of hydrogen-bond acceptors (Lipinski definition) is 2. The van der Waals surface area contributed by atoms with Gasteiger partial charge < -0.3 is 15.7 Å². The number of thiocarbonyl (C=S) groups is 1. The second kappa shape index (κ2) is 9.36. The summed E-state index contributed by atoms with van der Waals surface area (Å²) in [6, 6.07) is 9.24. The van der Waals surface area contributed by atoms with Gasteiger partial charge in [0.25, 0.3) is 0 Å². The highest BCUT2D eigenvalue weighted by atomic mass is 32.1. The number of aryl methyl sites for hydroxylation is 1. The van der Waals surface area contributed by atoms with E-state index in [2.05, 4.69) is 43.5 Å². The maximum atomic E-state index is 13.1. The second-order valence-corrected chi connectivity index (χ2v) is 11.4. The van der Waals surface area contributed by atoms with E-state index in [4.69, 9.17) is 12.2 Å². The largest absolute Gasteiger partial charge is 0.481 e. The highest BCUT2D eigenvalue weighted by Crippen LogP contribution is 2.58. The molecule has 0 spiro atoms. The van der Waals surface area contributed by atoms with E-state index in [-0.39, 0.29) is 28.1 Å². The molecule has 3 atom stereocenters. The third-order valence-electron chi connectivity index (χ3n) is 8.33. The van der Waals surface area contributed by atoms with Gasteiger partial charge in [0.15, 0.2) is 5.11 Å². The summed E-state index contributed by atoms with van der Waals surface area (Å²) in [5.41, 5.74) is 2.73. The lowest BCUT2D eigenvalue weighted by Gasteiger charge is -2.53. The smallest absolute Gasteiger partial charge is 0.416 e. The first kappa shape index (κ1) is 26.5. The molecule has 0 bridgehead atoms. The third-order valence-corrected chi connectivity index (χ3v) is 8.53. The van der Waals surface area contributed by atoms with Crippen LogP contribution < -0.4 is 10.6 Å². The fraction of sp³-hybridized carbons (Fsp3) is 0.500. The lowest BCUT2D eigenvalue weighted by molar-refractivity contribution is -0.157. The number of anilines is 2. The Kier molecular flexibility index (Phi) is 6.88. The van der Waals surface area contributed by atoms with Crippen LogP contribution in [0.4, 0.5) is 24.5 Å². The van der Waals surface area contributed by atoms with Crippen LogP contribution in [0.15, 0.2) is 36.4 Å². The molecule has 0 saturated heterocycles. The highest BCUT2D eigenvalue weighted by Gasteiger charge is 2.55. The molecule has 4 rings (SSSR count). The van der Waals surface area contributed by atoms with Crippen molar-refractivity contribution >= 4 is 34.7 Å². The summed E-state index contributed by atoms with van der Waals surface area (Å²) in [6.45, 7) is 8.25. The minimum atomic E-state index is -4.44. The quantitative estimate of drug-likeness (QED) is 0.362. The van der Waals surface area contributed by atoms with Crippen molar-refractivity contribution in [3.63, 3.8) is 0 Å². The predicted octanol–water partition coefficient (Wildman–Crippen LogP) is 7.73. The van der Waals surface area contributed by atoms with Gasteiger partial charge >= 0.3 is 12.1 Å². The molecule has 8 heteroatoms. The van der Waals surface area contributed by atoms with Crippen molar-refractivity contribution in [2.45, 2.75) is 77.3 Å². The molecule has 2 aromatic rings. The molecule has 1 fully saturated rings. The van der Waals surface area contributed by atoms with Crippen LogP contribution in [0.25, 0.3) is 0 Å². The van der Waals surface area contributed by atoms with E-state index < -0.39 is 23.1 Å². The normalized spacial score (nSPS) is 25.6. The van der Waals surface area contributed by atoms with Crippen LogP contribution in [0.5, 0.6) is 0 Å². The fourth-order valence-corrected chi connectivity index (χ4v) is 6.66. The van der Waals surface area contributed by atoms with Crippen LogP contribution in [0.2, 0.25) is 0 Å². The number of alkyl halides is 3. The van der Waals surface area contributed by atoms with Gasteiger partial charge in [0.05, 0.1) is 11.0 Å². The van der Waals surface area contributed by atoms with Crippen molar-refractivity contribution in [3.8, 4) is 0 Å². The maximum Gasteiger partial charge on any atom is 0.416 e. The Morgan fingerprint density at radius 2 is 1.86 bits per heavy atom. The molecule has 2 aliphatic rings. The van der Waals surface area contributed by atoms with E-state index in [1.165, 1.54) is 11.6 Å². The number of carboxylic acids is 1. The Morgan fingerprint density at radius 3 is 2.50 bits per heavy atom. The van der Waals surface area contributed by atoms with Crippen LogP contribution in [0, 0.1) is 11.3 Å². The number of hydrogen-bond donors (Lipinski definition) is 3. The molecule has 0 unspecified atom stereocenters. The van der Waals surface area contributed by atoms with Gasteiger partial charge in [-0.2, -0.15) is 13.2 Å². The molecule has 0 heterocycles. The van der Waals surface area contributed by atoms with Crippen molar-refractivity contribution in [1.29, 1.82) is 0 Å². The van der Waals surface area contributed by atoms with Gasteiger partial charge in [-0.15, -0.1) is 0 Å². The number of rotatable bonds is 4. The zero-order valence-electron chi connectivity index (χ0n) is 21.1. The Hall–Kier alpha value is -2.61. The summed E-state index contributed by atoms with van der Waals surface area (Å²) < 4.78 is 39.4. The number of fused-ring (bicyclic) bond motifs is 3. The van der Waals surface area contributed by atoms with Gasteiger partial charge in [0.1, 0.15) is 0 Å². The van der Waals surface area contributed by atoms with Crippen molar-refractivity contribution in [3.05, 3.63) is 58.7 Å². The average Bonchev–Trinajstić information content (AvgIpc) is 2.78. The van der Waals surface area contributed by atoms with Crippen LogP contribution in [0.3, 0.4) is 0 Å². The van der Waals surface area contributed by atoms with Crippen LogP contribution in [-0.2, 0) is 22.8 Å². The average molecular weight is 519 g/mol. The van der Waals surface area contributed by atoms with Crippen molar-refractivity contribution < 1.29 is 23.1 Å². The molecule has 2 aromatic carbocycles. The molecule has 36 heavy (non-hydrogen) atoms. The van der Waals surface area contributed by atoms with E-state index in [9.17, 15) is 23.1 Å². The first-order valence-corrected chi connectivity index (χ1v) is 12.8. The summed E-state index contributed by atoms with van der Waals surface area (Å²) >= 11 is 5.49. The zero-order valence-corrected chi connectivity index (χ0v) is 21.9. The summed E-state index contributed by atoms with van der Waals surface area (Å²) in [4.78, 5) is 12.3. The minimum absolute atomic E-state index is 0.0247. The molecule has 194 valence electrons. The first-order valence-electron chi connectivity index (χ1n) is 12.4. The molecule has 0 aromatic heterocycles. The fourth-order valence-electron chi connectivity index (χ4n) is 6.44. The van der Waals surface area contributed by atoms with E-state index >= 15 is 0 Å². The lowest BCUT2D eigenvalue weighted by Crippen LogP contribution is -2.52. The van der Waals surface area contributed by atoms with E-state index in [1.807, 2.05) is 6.92 Å². The van der Waals surface area contributed by atoms with Crippen LogP contribution >= 0.6 is 12.2 Å². The molecule has 1 saturated carbocycles. The zero-order chi connectivity index (χ0) is 26.5. The van der Waals surface area contributed by atoms with Gasteiger partial charge in [0, 0.05) is 11.4 Å². The van der Waals surface area contributed by atoms with Gasteiger partial charge in [-0.1, -0.05) is 39.3 Å². The highest BCUT2D eigenvalue weighted by molar-refractivity contribution is 7.80. The molecule has 0 radical (unpaired) electrons. The Balaban J connectivity index is 1.67. The molecule has 3 N–H and O–H groups in total. The summed E-state index contributed by atoms with van der Waals surface area (Å²) in [6.07, 6.45) is -0.331. The topological polar surface area (TPSA) is 61.4 Å². The molecule has 0 aliphatic heterocycles. The van der Waals surface area contributed by atoms with Crippen LogP contribution in [0.1, 0.15) is 81.5 Å².